The summed E-state index contributed by atoms with van der Waals surface area (Å²) in [4.78, 5) is 15.9. The Kier molecular flexibility index (Phi) is 4.40. The molecule has 3 aromatic rings. The van der Waals surface area contributed by atoms with Gasteiger partial charge in [0.15, 0.2) is 11.3 Å². The first-order valence-corrected chi connectivity index (χ1v) is 9.45. The molecule has 4 rings (SSSR count). The first-order valence-electron chi connectivity index (χ1n) is 8.66. The fourth-order valence-corrected chi connectivity index (χ4v) is 3.93. The predicted octanol–water partition coefficient (Wildman–Crippen LogP) is 4.77. The summed E-state index contributed by atoms with van der Waals surface area (Å²) >= 11 is 3.40. The van der Waals surface area contributed by atoms with Crippen LogP contribution in [0.3, 0.4) is 0 Å². The molecule has 134 valence electrons. The van der Waals surface area contributed by atoms with Crippen LogP contribution in [0, 0.1) is 0 Å². The normalized spacial score (nSPS) is 15.4. The summed E-state index contributed by atoms with van der Waals surface area (Å²) in [6.45, 7) is 0. The topological polar surface area (TPSA) is 88.2 Å². The molecule has 0 aliphatic heterocycles. The van der Waals surface area contributed by atoms with Crippen LogP contribution in [0.4, 0.5) is 0 Å². The van der Waals surface area contributed by atoms with E-state index in [2.05, 4.69) is 26.0 Å². The lowest BCUT2D eigenvalue weighted by Gasteiger charge is -2.22. The van der Waals surface area contributed by atoms with Gasteiger partial charge in [-0.2, -0.15) is 0 Å². The Morgan fingerprint density at radius 2 is 1.85 bits per heavy atom. The number of fused-ring (bicyclic) bond motifs is 1. The lowest BCUT2D eigenvalue weighted by molar-refractivity contribution is 0.0691. The highest BCUT2D eigenvalue weighted by Crippen LogP contribution is 2.38. The highest BCUT2D eigenvalue weighted by atomic mass is 79.9. The van der Waals surface area contributed by atoms with E-state index in [1.165, 1.54) is 12.5 Å². The van der Waals surface area contributed by atoms with E-state index in [1.54, 1.807) is 4.68 Å². The fourth-order valence-electron chi connectivity index (χ4n) is 3.66. The quantitative estimate of drug-likeness (QED) is 0.642. The van der Waals surface area contributed by atoms with Crippen LogP contribution in [0.5, 0.6) is 5.88 Å². The Morgan fingerprint density at radius 1 is 1.15 bits per heavy atom. The van der Waals surface area contributed by atoms with E-state index in [0.29, 0.717) is 16.6 Å². The van der Waals surface area contributed by atoms with E-state index >= 15 is 0 Å². The lowest BCUT2D eigenvalue weighted by Crippen LogP contribution is -2.15. The second-order valence-corrected chi connectivity index (χ2v) is 7.54. The van der Waals surface area contributed by atoms with Crippen LogP contribution in [-0.2, 0) is 0 Å². The van der Waals surface area contributed by atoms with Gasteiger partial charge in [-0.15, -0.1) is 5.10 Å². The van der Waals surface area contributed by atoms with Gasteiger partial charge in [0.05, 0.1) is 11.4 Å². The van der Waals surface area contributed by atoms with Gasteiger partial charge in [0, 0.05) is 10.0 Å². The number of carbonyl (C=O) groups is 1. The van der Waals surface area contributed by atoms with Crippen molar-refractivity contribution in [2.45, 2.75) is 38.1 Å². The molecule has 0 bridgehead atoms. The average Bonchev–Trinajstić information content (AvgIpc) is 2.99. The number of carboxylic acids is 1. The van der Waals surface area contributed by atoms with Crippen molar-refractivity contribution in [1.82, 2.24) is 14.8 Å². The molecular formula is C19H18BrN3O3. The van der Waals surface area contributed by atoms with Gasteiger partial charge in [-0.25, -0.2) is 14.5 Å². The summed E-state index contributed by atoms with van der Waals surface area (Å²) in [6.07, 6.45) is 5.32. The van der Waals surface area contributed by atoms with Crippen molar-refractivity contribution >= 4 is 32.9 Å². The monoisotopic (exact) mass is 415 g/mol. The van der Waals surface area contributed by atoms with Gasteiger partial charge in [-0.05, 0) is 36.6 Å². The number of aromatic carboxylic acids is 1. The van der Waals surface area contributed by atoms with Crippen molar-refractivity contribution in [3.05, 3.63) is 40.5 Å². The Labute approximate surface area is 158 Å². The highest BCUT2D eigenvalue weighted by Gasteiger charge is 2.25. The van der Waals surface area contributed by atoms with E-state index in [9.17, 15) is 15.0 Å². The SMILES string of the molecule is O=C(O)c1cc(-c2ccc(Br)cc2)c2c(O)nn(C3CCCCC3)c2n1. The number of aromatic nitrogens is 3. The number of aromatic hydroxyl groups is 1. The van der Waals surface area contributed by atoms with Crippen molar-refractivity contribution in [1.29, 1.82) is 0 Å². The minimum atomic E-state index is -1.10. The van der Waals surface area contributed by atoms with Crippen molar-refractivity contribution in [2.75, 3.05) is 0 Å². The van der Waals surface area contributed by atoms with Crippen molar-refractivity contribution in [3.8, 4) is 17.0 Å². The smallest absolute Gasteiger partial charge is 0.354 e. The van der Waals surface area contributed by atoms with E-state index < -0.39 is 5.97 Å². The van der Waals surface area contributed by atoms with E-state index in [0.717, 1.165) is 35.7 Å². The van der Waals surface area contributed by atoms with Crippen LogP contribution in [0.15, 0.2) is 34.8 Å². The molecule has 0 spiro atoms. The molecule has 1 saturated carbocycles. The van der Waals surface area contributed by atoms with Gasteiger partial charge in [0.2, 0.25) is 5.88 Å². The van der Waals surface area contributed by atoms with Crippen molar-refractivity contribution in [2.24, 2.45) is 0 Å². The fraction of sp³-hybridized carbons (Fsp3) is 0.316. The Bertz CT molecular complexity index is 976. The first kappa shape index (κ1) is 17.0. The minimum Gasteiger partial charge on any atom is -0.492 e. The molecule has 2 heterocycles. The second-order valence-electron chi connectivity index (χ2n) is 6.63. The maximum Gasteiger partial charge on any atom is 0.354 e. The molecule has 0 amide bonds. The average molecular weight is 416 g/mol. The zero-order valence-electron chi connectivity index (χ0n) is 14.0. The van der Waals surface area contributed by atoms with Gasteiger partial charge in [0.1, 0.15) is 0 Å². The number of nitrogens with zero attached hydrogens (tertiary/aromatic N) is 3. The van der Waals surface area contributed by atoms with Crippen LogP contribution >= 0.6 is 15.9 Å². The molecule has 26 heavy (non-hydrogen) atoms. The van der Waals surface area contributed by atoms with E-state index in [1.807, 2.05) is 24.3 Å². The second kappa shape index (κ2) is 6.72. The van der Waals surface area contributed by atoms with Crippen molar-refractivity contribution in [3.63, 3.8) is 0 Å². The van der Waals surface area contributed by atoms with E-state index in [-0.39, 0.29) is 17.6 Å². The maximum atomic E-state index is 11.6. The molecule has 6 nitrogen and oxygen atoms in total. The van der Waals surface area contributed by atoms with Gasteiger partial charge >= 0.3 is 5.97 Å². The summed E-state index contributed by atoms with van der Waals surface area (Å²) in [6, 6.07) is 9.15. The minimum absolute atomic E-state index is 0.0487. The lowest BCUT2D eigenvalue weighted by atomic mass is 9.95. The van der Waals surface area contributed by atoms with Crippen LogP contribution in [0.25, 0.3) is 22.2 Å². The zero-order chi connectivity index (χ0) is 18.3. The molecule has 0 atom stereocenters. The predicted molar refractivity (Wildman–Crippen MR) is 101 cm³/mol. The van der Waals surface area contributed by atoms with Gasteiger partial charge in [-0.1, -0.05) is 47.3 Å². The third-order valence-corrected chi connectivity index (χ3v) is 5.47. The number of rotatable bonds is 3. The van der Waals surface area contributed by atoms with Crippen LogP contribution in [0.2, 0.25) is 0 Å². The molecule has 1 fully saturated rings. The van der Waals surface area contributed by atoms with Crippen LogP contribution < -0.4 is 0 Å². The summed E-state index contributed by atoms with van der Waals surface area (Å²) in [7, 11) is 0. The molecule has 2 aromatic heterocycles. The third-order valence-electron chi connectivity index (χ3n) is 4.94. The maximum absolute atomic E-state index is 11.6. The Morgan fingerprint density at radius 3 is 2.50 bits per heavy atom. The summed E-state index contributed by atoms with van der Waals surface area (Å²) in [5.41, 5.74) is 1.82. The molecular weight excluding hydrogens is 398 g/mol. The number of hydrogen-bond acceptors (Lipinski definition) is 4. The van der Waals surface area contributed by atoms with Crippen molar-refractivity contribution < 1.29 is 15.0 Å². The summed E-state index contributed by atoms with van der Waals surface area (Å²) in [5.74, 6) is -1.20. The number of hydrogen-bond donors (Lipinski definition) is 2. The number of benzene rings is 1. The molecule has 1 aliphatic rings. The van der Waals surface area contributed by atoms with Gasteiger partial charge < -0.3 is 10.2 Å². The molecule has 0 saturated heterocycles. The standard InChI is InChI=1S/C19H18BrN3O3/c20-12-8-6-11(7-9-12)14-10-15(19(25)26)21-17-16(14)18(24)22-23(17)13-4-2-1-3-5-13/h6-10,13H,1-5H2,(H,22,24)(H,25,26). The van der Waals surface area contributed by atoms with E-state index in [4.69, 9.17) is 0 Å². The molecule has 0 unspecified atom stereocenters. The number of carboxylic acid groups (broad SMARTS) is 1. The highest BCUT2D eigenvalue weighted by molar-refractivity contribution is 9.10. The van der Waals surface area contributed by atoms with Gasteiger partial charge in [0.25, 0.3) is 0 Å². The van der Waals surface area contributed by atoms with Crippen LogP contribution in [-0.4, -0.2) is 30.9 Å². The zero-order valence-corrected chi connectivity index (χ0v) is 15.6. The largest absolute Gasteiger partial charge is 0.492 e. The third kappa shape index (κ3) is 2.96. The number of halogens is 1. The van der Waals surface area contributed by atoms with Crippen LogP contribution in [0.1, 0.15) is 48.6 Å². The molecule has 2 N–H and O–H groups in total. The Balaban J connectivity index is 1.97. The molecule has 1 aliphatic carbocycles. The molecule has 1 aromatic carbocycles. The summed E-state index contributed by atoms with van der Waals surface area (Å²) in [5, 5.41) is 24.9. The molecule has 7 heteroatoms. The first-order chi connectivity index (χ1) is 12.5. The Hall–Kier alpha value is -2.41. The summed E-state index contributed by atoms with van der Waals surface area (Å²) < 4.78 is 2.64. The molecule has 0 radical (unpaired) electrons. The van der Waals surface area contributed by atoms with Gasteiger partial charge in [-0.3, -0.25) is 0 Å². The number of pyridine rings is 1.